The molecule has 3 fully saturated rings. The second-order valence-electron chi connectivity index (χ2n) is 22.8. The third-order valence-electron chi connectivity index (χ3n) is 16.3. The number of ketones is 1. The van der Waals surface area contributed by atoms with E-state index in [4.69, 9.17) is 14.2 Å². The molecule has 1 aromatic heterocycles. The van der Waals surface area contributed by atoms with Crippen molar-refractivity contribution in [2.75, 3.05) is 105 Å². The van der Waals surface area contributed by atoms with Gasteiger partial charge >= 0.3 is 29.8 Å². The molecular formula is C57H85N11O19. The quantitative estimate of drug-likeness (QED) is 0.0262. The van der Waals surface area contributed by atoms with Crippen LogP contribution in [0.5, 0.6) is 0 Å². The minimum absolute atomic E-state index is 0.0724. The highest BCUT2D eigenvalue weighted by Gasteiger charge is 2.41. The number of hydrogen-bond acceptors (Lipinski definition) is 19. The number of cyclic esters (lactones) is 1. The van der Waals surface area contributed by atoms with Gasteiger partial charge in [-0.2, -0.15) is 0 Å². The zero-order valence-corrected chi connectivity index (χ0v) is 49.7. The normalized spacial score (nSPS) is 22.0. The molecule has 6 amide bonds. The van der Waals surface area contributed by atoms with Crippen molar-refractivity contribution in [1.82, 2.24) is 56.1 Å². The molecule has 30 nitrogen and oxygen atoms in total. The first-order valence-electron chi connectivity index (χ1n) is 29.9. The summed E-state index contributed by atoms with van der Waals surface area (Å²) >= 11 is 0. The topological polar surface area (TPSA) is 404 Å². The van der Waals surface area contributed by atoms with E-state index >= 15 is 0 Å². The van der Waals surface area contributed by atoms with Gasteiger partial charge in [0.2, 0.25) is 41.7 Å². The molecule has 0 aromatic carbocycles. The molecule has 8 atom stereocenters. The third kappa shape index (κ3) is 21.5. The fraction of sp³-hybridized carbons (Fsp3) is 0.684. The van der Waals surface area contributed by atoms with Gasteiger partial charge in [0.15, 0.2) is 5.78 Å². The first kappa shape index (κ1) is 68.7. The molecule has 482 valence electrons. The maximum Gasteiger partial charge on any atom is 0.317 e. The summed E-state index contributed by atoms with van der Waals surface area (Å²) in [5.41, 5.74) is 1.67. The molecule has 0 spiro atoms. The first-order valence-corrected chi connectivity index (χ1v) is 29.9. The Hall–Kier alpha value is -7.38. The maximum absolute atomic E-state index is 14.3. The van der Waals surface area contributed by atoms with E-state index in [1.165, 1.54) is 0 Å². The Bertz CT molecular complexity index is 2650. The van der Waals surface area contributed by atoms with Crippen LogP contribution in [-0.4, -0.2) is 257 Å². The van der Waals surface area contributed by atoms with Crippen LogP contribution < -0.4 is 31.9 Å². The number of carboxylic acids is 4. The Kier molecular flexibility index (Phi) is 26.6. The molecule has 0 saturated carbocycles. The summed E-state index contributed by atoms with van der Waals surface area (Å²) in [5, 5.41) is 53.7. The number of ether oxygens (including phenoxy) is 3. The highest BCUT2D eigenvalue weighted by molar-refractivity contribution is 6.25. The van der Waals surface area contributed by atoms with Crippen LogP contribution in [0.4, 0.5) is 0 Å². The highest BCUT2D eigenvalue weighted by atomic mass is 16.7. The van der Waals surface area contributed by atoms with Crippen LogP contribution in [0.1, 0.15) is 89.8 Å². The number of hydrogen-bond donors (Lipinski definition) is 10. The van der Waals surface area contributed by atoms with Crippen LogP contribution in [0, 0.1) is 17.8 Å². The van der Waals surface area contributed by atoms with Crippen LogP contribution in [0.15, 0.2) is 18.3 Å². The fourth-order valence-electron chi connectivity index (χ4n) is 11.4. The van der Waals surface area contributed by atoms with Gasteiger partial charge in [-0.25, -0.2) is 0 Å². The number of aryl methyl sites for hydroxylation is 1. The lowest BCUT2D eigenvalue weighted by Crippen LogP contribution is -2.55. The van der Waals surface area contributed by atoms with E-state index in [1.54, 1.807) is 29.7 Å². The molecule has 3 saturated heterocycles. The van der Waals surface area contributed by atoms with Crippen molar-refractivity contribution in [1.29, 1.82) is 0 Å². The molecule has 5 aliphatic rings. The molecular weight excluding hydrogens is 1140 g/mol. The van der Waals surface area contributed by atoms with Crippen molar-refractivity contribution < 1.29 is 92.2 Å². The Morgan fingerprint density at radius 2 is 1.29 bits per heavy atom. The molecule has 10 N–H and O–H groups in total. The van der Waals surface area contributed by atoms with Gasteiger partial charge in [-0.3, -0.25) is 72.2 Å². The predicted octanol–water partition coefficient (Wildman–Crippen LogP) is -2.54. The van der Waals surface area contributed by atoms with Gasteiger partial charge < -0.3 is 76.0 Å². The van der Waals surface area contributed by atoms with Crippen LogP contribution in [-0.2, 0) is 84.7 Å². The number of likely N-dealkylation sites (tertiary alicyclic amines) is 1. The first-order chi connectivity index (χ1) is 41.5. The van der Waals surface area contributed by atoms with Gasteiger partial charge in [0.25, 0.3) is 0 Å². The monoisotopic (exact) mass is 1230 g/mol. The number of carbonyl (C=O) groups is 12. The Morgan fingerprint density at radius 1 is 0.678 bits per heavy atom. The SMILES string of the molecule is CCO[C@@H]1OC(=O)C[C@@H]1NC(=O)[C@@H]1C=C2C(=O)[C@@H](NC(=O)C(NC(=O)COCCNC(=O)C(CCC(=O)O)NC(=O)C(CCC(=O)O)NC(=O)CN3CCC(CN4CCN(CC(=O)O)CCN(CC(=O)O)CC4)CC3)C(C)CC)CCn3ccc(c32)C1. The van der Waals surface area contributed by atoms with Gasteiger partial charge in [0.1, 0.15) is 30.8 Å². The van der Waals surface area contributed by atoms with E-state index in [0.717, 1.165) is 5.56 Å². The van der Waals surface area contributed by atoms with Crippen LogP contribution in [0.3, 0.4) is 0 Å². The zero-order valence-electron chi connectivity index (χ0n) is 49.7. The Balaban J connectivity index is 0.961. The van der Waals surface area contributed by atoms with Crippen molar-refractivity contribution >= 4 is 76.6 Å². The number of Topliss-reactive ketones (excluding diaryl/α,β-unsaturated/α-hetero) is 1. The number of piperidine rings is 1. The number of esters is 1. The largest absolute Gasteiger partial charge is 0.481 e. The van der Waals surface area contributed by atoms with Gasteiger partial charge in [0, 0.05) is 90.1 Å². The average Bonchev–Trinajstić information content (AvgIpc) is 2.00. The van der Waals surface area contributed by atoms with E-state index < -0.39 is 139 Å². The van der Waals surface area contributed by atoms with Crippen LogP contribution in [0.2, 0.25) is 0 Å². The van der Waals surface area contributed by atoms with Gasteiger partial charge in [-0.1, -0.05) is 26.3 Å². The summed E-state index contributed by atoms with van der Waals surface area (Å²) < 4.78 is 18.1. The van der Waals surface area contributed by atoms with Crippen molar-refractivity contribution in [3.63, 3.8) is 0 Å². The second kappa shape index (κ2) is 33.7. The molecule has 4 aliphatic heterocycles. The summed E-state index contributed by atoms with van der Waals surface area (Å²) in [7, 11) is 0. The minimum atomic E-state index is -1.45. The van der Waals surface area contributed by atoms with E-state index in [-0.39, 0.29) is 76.6 Å². The smallest absolute Gasteiger partial charge is 0.317 e. The number of carboxylic acid groups (broad SMARTS) is 4. The summed E-state index contributed by atoms with van der Waals surface area (Å²) in [6.07, 6.45) is 2.95. The van der Waals surface area contributed by atoms with Crippen LogP contribution >= 0.6 is 0 Å². The van der Waals surface area contributed by atoms with E-state index in [2.05, 4.69) is 36.8 Å². The molecule has 0 bridgehead atoms. The van der Waals surface area contributed by atoms with Crippen molar-refractivity contribution in [3.8, 4) is 0 Å². The lowest BCUT2D eigenvalue weighted by atomic mass is 9.85. The number of aromatic nitrogens is 1. The van der Waals surface area contributed by atoms with E-state index in [9.17, 15) is 78.0 Å². The number of rotatable bonds is 32. The van der Waals surface area contributed by atoms with Gasteiger partial charge in [-0.05, 0) is 82.0 Å². The molecule has 4 unspecified atom stereocenters. The van der Waals surface area contributed by atoms with E-state index in [0.29, 0.717) is 96.8 Å². The zero-order chi connectivity index (χ0) is 63.3. The molecule has 1 aliphatic carbocycles. The molecule has 6 rings (SSSR count). The van der Waals surface area contributed by atoms with Gasteiger partial charge in [0.05, 0.1) is 50.3 Å². The summed E-state index contributed by atoms with van der Waals surface area (Å²) in [6, 6.07) is -3.86. The molecule has 1 aromatic rings. The highest BCUT2D eigenvalue weighted by Crippen LogP contribution is 2.35. The molecule has 0 radical (unpaired) electrons. The third-order valence-corrected chi connectivity index (χ3v) is 16.3. The van der Waals surface area contributed by atoms with Crippen molar-refractivity contribution in [2.45, 2.75) is 128 Å². The molecule has 87 heavy (non-hydrogen) atoms. The minimum Gasteiger partial charge on any atom is -0.481 e. The standard InChI is InChI=1S/C57H85N11O19/c1-4-34(3)50(56(84)60-39-13-18-68-17-12-36-26-37(27-38(51(36)68)52(39)80)53(81)62-42-28-49(79)87-57(42)86-5-2)63-44(70)33-85-25-14-58-54(82)40(6-8-45(71)72)61-55(83)41(7-9-46(73)74)59-43(69)30-64-15-10-35(11-16-64)29-65-19-21-66(31-47(75)76)23-24-67(22-20-65)32-48(77)78/h12,17,27,34-35,37,39-42,50,57H,4-11,13-16,18-26,28-33H2,1-3H3,(H,58,82)(H,59,69)(H,60,84)(H,61,83)(H,62,81)(H,63,70)(H,71,72)(H,73,74)(H,75,76)(H,77,78)/t34?,37-,39-,40?,41?,42-,50?,57+/m0/s1. The number of amides is 6. The van der Waals surface area contributed by atoms with Crippen molar-refractivity contribution in [3.05, 3.63) is 29.6 Å². The predicted molar refractivity (Wildman–Crippen MR) is 306 cm³/mol. The lowest BCUT2D eigenvalue weighted by molar-refractivity contribution is -0.164. The average molecular weight is 1230 g/mol. The Labute approximate surface area is 503 Å². The maximum atomic E-state index is 14.3. The Morgan fingerprint density at radius 3 is 1.89 bits per heavy atom. The molecule has 30 heteroatoms. The fourth-order valence-corrected chi connectivity index (χ4v) is 11.4. The number of carbonyl (C=O) groups excluding carboxylic acids is 8. The number of nitrogens with one attached hydrogen (secondary N) is 6. The second-order valence-corrected chi connectivity index (χ2v) is 22.8. The summed E-state index contributed by atoms with van der Waals surface area (Å²) in [6.45, 7) is 9.19. The molecule has 5 heterocycles. The summed E-state index contributed by atoms with van der Waals surface area (Å²) in [4.78, 5) is 162. The number of aliphatic carboxylic acids is 4. The van der Waals surface area contributed by atoms with Gasteiger partial charge in [-0.15, -0.1) is 0 Å². The van der Waals surface area contributed by atoms with Crippen molar-refractivity contribution in [2.24, 2.45) is 17.8 Å². The summed E-state index contributed by atoms with van der Waals surface area (Å²) in [5.74, 6) is -10.4. The van der Waals surface area contributed by atoms with Crippen LogP contribution in [0.25, 0.3) is 5.57 Å². The lowest BCUT2D eigenvalue weighted by Gasteiger charge is -2.35. The number of nitrogens with zero attached hydrogens (tertiary/aromatic N) is 5. The van der Waals surface area contributed by atoms with E-state index in [1.807, 2.05) is 28.7 Å².